The highest BCUT2D eigenvalue weighted by Crippen LogP contribution is 2.27. The van der Waals surface area contributed by atoms with Gasteiger partial charge in [-0.2, -0.15) is 5.26 Å². The van der Waals surface area contributed by atoms with E-state index in [2.05, 4.69) is 11.1 Å². The summed E-state index contributed by atoms with van der Waals surface area (Å²) in [7, 11) is 0. The number of aryl methyl sites for hydroxylation is 1. The lowest BCUT2D eigenvalue weighted by Crippen LogP contribution is -2.01. The van der Waals surface area contributed by atoms with Crippen LogP contribution in [0.5, 0.6) is 0 Å². The summed E-state index contributed by atoms with van der Waals surface area (Å²) in [6.07, 6.45) is 2.53. The van der Waals surface area contributed by atoms with E-state index >= 15 is 0 Å². The van der Waals surface area contributed by atoms with Crippen molar-refractivity contribution < 1.29 is 4.79 Å². The Balaban J connectivity index is 2.21. The highest BCUT2D eigenvalue weighted by Gasteiger charge is 2.19. The predicted octanol–water partition coefficient (Wildman–Crippen LogP) is 3.89. The predicted molar refractivity (Wildman–Crippen MR) is 80.1 cm³/mol. The summed E-state index contributed by atoms with van der Waals surface area (Å²) in [4.78, 5) is 16.6. The first-order valence-electron chi connectivity index (χ1n) is 6.37. The molecule has 0 atom stereocenters. The number of H-pyrrole nitrogens is 1. The van der Waals surface area contributed by atoms with Crippen LogP contribution in [-0.4, -0.2) is 10.8 Å². The minimum Gasteiger partial charge on any atom is -0.360 e. The van der Waals surface area contributed by atoms with Gasteiger partial charge in [-0.15, -0.1) is 11.3 Å². The molecule has 0 radical (unpaired) electrons. The van der Waals surface area contributed by atoms with Crippen LogP contribution in [0.25, 0.3) is 10.9 Å². The van der Waals surface area contributed by atoms with Crippen molar-refractivity contribution in [3.05, 3.63) is 57.4 Å². The molecule has 1 aromatic carbocycles. The van der Waals surface area contributed by atoms with Crippen molar-refractivity contribution >= 4 is 28.0 Å². The largest absolute Gasteiger partial charge is 0.360 e. The summed E-state index contributed by atoms with van der Waals surface area (Å²) in [5, 5.41) is 11.9. The highest BCUT2D eigenvalue weighted by molar-refractivity contribution is 7.12. The molecule has 20 heavy (non-hydrogen) atoms. The van der Waals surface area contributed by atoms with Crippen molar-refractivity contribution in [3.63, 3.8) is 0 Å². The maximum absolute atomic E-state index is 12.7. The smallest absolute Gasteiger partial charge is 0.205 e. The number of hydrogen-bond donors (Lipinski definition) is 1. The van der Waals surface area contributed by atoms with Gasteiger partial charge >= 0.3 is 0 Å². The van der Waals surface area contributed by atoms with Gasteiger partial charge in [0.25, 0.3) is 0 Å². The number of benzene rings is 1. The van der Waals surface area contributed by atoms with Gasteiger partial charge in [0, 0.05) is 17.1 Å². The minimum absolute atomic E-state index is 0.00852. The normalized spacial score (nSPS) is 10.6. The molecule has 3 nitrogen and oxygen atoms in total. The van der Waals surface area contributed by atoms with Gasteiger partial charge < -0.3 is 4.98 Å². The molecule has 3 rings (SSSR count). The first-order valence-corrected chi connectivity index (χ1v) is 7.25. The van der Waals surface area contributed by atoms with E-state index in [9.17, 15) is 10.1 Å². The Hall–Kier alpha value is -2.38. The number of nitriles is 1. The van der Waals surface area contributed by atoms with Crippen molar-refractivity contribution in [3.8, 4) is 6.07 Å². The average molecular weight is 280 g/mol. The van der Waals surface area contributed by atoms with E-state index in [4.69, 9.17) is 0 Å². The molecule has 4 heteroatoms. The van der Waals surface area contributed by atoms with Crippen molar-refractivity contribution in [2.24, 2.45) is 0 Å². The first kappa shape index (κ1) is 12.6. The fourth-order valence-electron chi connectivity index (χ4n) is 2.39. The number of thiophene rings is 1. The Morgan fingerprint density at radius 2 is 2.25 bits per heavy atom. The summed E-state index contributed by atoms with van der Waals surface area (Å²) in [5.41, 5.74) is 2.99. The van der Waals surface area contributed by atoms with Gasteiger partial charge in [-0.1, -0.05) is 13.0 Å². The number of nitrogens with zero attached hydrogens (tertiary/aromatic N) is 1. The molecular formula is C16H12N2OS. The molecule has 0 spiro atoms. The molecule has 0 bridgehead atoms. The summed E-state index contributed by atoms with van der Waals surface area (Å²) in [5.74, 6) is -0.00852. The number of rotatable bonds is 3. The molecule has 0 amide bonds. The van der Waals surface area contributed by atoms with E-state index in [1.165, 1.54) is 11.3 Å². The molecule has 0 saturated heterocycles. The van der Waals surface area contributed by atoms with Crippen LogP contribution < -0.4 is 0 Å². The van der Waals surface area contributed by atoms with Crippen LogP contribution in [0.2, 0.25) is 0 Å². The number of carbonyl (C=O) groups is 1. The van der Waals surface area contributed by atoms with E-state index in [0.717, 1.165) is 27.8 Å². The number of carbonyl (C=O) groups excluding carboxylic acids is 1. The molecule has 0 unspecified atom stereocenters. The topological polar surface area (TPSA) is 56.6 Å². The van der Waals surface area contributed by atoms with Gasteiger partial charge in [0.15, 0.2) is 0 Å². The van der Waals surface area contributed by atoms with Gasteiger partial charge in [0.1, 0.15) is 0 Å². The minimum atomic E-state index is -0.00852. The van der Waals surface area contributed by atoms with Crippen LogP contribution >= 0.6 is 11.3 Å². The van der Waals surface area contributed by atoms with E-state index in [0.29, 0.717) is 11.1 Å². The number of fused-ring (bicyclic) bond motifs is 1. The first-order chi connectivity index (χ1) is 9.76. The zero-order chi connectivity index (χ0) is 14.1. The molecule has 3 aromatic rings. The maximum Gasteiger partial charge on any atom is 0.205 e. The fourth-order valence-corrected chi connectivity index (χ4v) is 3.34. The quantitative estimate of drug-likeness (QED) is 0.740. The van der Waals surface area contributed by atoms with Crippen molar-refractivity contribution in [1.82, 2.24) is 4.98 Å². The van der Waals surface area contributed by atoms with Gasteiger partial charge in [0.2, 0.25) is 5.78 Å². The molecule has 1 N–H and O–H groups in total. The monoisotopic (exact) mass is 280 g/mol. The van der Waals surface area contributed by atoms with Crippen molar-refractivity contribution in [2.75, 3.05) is 0 Å². The lowest BCUT2D eigenvalue weighted by atomic mass is 10.0. The van der Waals surface area contributed by atoms with Gasteiger partial charge in [0.05, 0.1) is 22.1 Å². The molecule has 0 saturated carbocycles. The highest BCUT2D eigenvalue weighted by atomic mass is 32.1. The second-order valence-corrected chi connectivity index (χ2v) is 5.42. The number of aromatic amines is 1. The number of hydrogen-bond acceptors (Lipinski definition) is 3. The summed E-state index contributed by atoms with van der Waals surface area (Å²) >= 11 is 1.46. The Labute approximate surface area is 120 Å². The number of ketones is 1. The van der Waals surface area contributed by atoms with Gasteiger partial charge in [-0.05, 0) is 35.6 Å². The summed E-state index contributed by atoms with van der Waals surface area (Å²) in [6, 6.07) is 9.57. The van der Waals surface area contributed by atoms with Gasteiger partial charge in [-0.25, -0.2) is 0 Å². The van der Waals surface area contributed by atoms with Crippen LogP contribution in [0.4, 0.5) is 0 Å². The molecule has 0 aliphatic rings. The standard InChI is InChI=1S/C16H12N2OS/c1-2-10-6-7-20-16(10)15(19)12-9-18-13-5-3-4-11(8-17)14(12)13/h3-7,9,18H,2H2,1H3. The fraction of sp³-hybridized carbons (Fsp3) is 0.125. The van der Waals surface area contributed by atoms with Crippen LogP contribution in [0, 0.1) is 11.3 Å². The van der Waals surface area contributed by atoms with Crippen LogP contribution in [0.15, 0.2) is 35.8 Å². The van der Waals surface area contributed by atoms with E-state index in [1.54, 1.807) is 12.3 Å². The number of aromatic nitrogens is 1. The number of nitrogens with one attached hydrogen (secondary N) is 1. The zero-order valence-electron chi connectivity index (χ0n) is 10.9. The molecule has 2 heterocycles. The van der Waals surface area contributed by atoms with Crippen LogP contribution in [-0.2, 0) is 6.42 Å². The van der Waals surface area contributed by atoms with Gasteiger partial charge in [-0.3, -0.25) is 4.79 Å². The molecular weight excluding hydrogens is 268 g/mol. The maximum atomic E-state index is 12.7. The average Bonchev–Trinajstić information content (AvgIpc) is 3.12. The Kier molecular flexibility index (Phi) is 3.13. The van der Waals surface area contributed by atoms with E-state index < -0.39 is 0 Å². The molecule has 0 fully saturated rings. The molecule has 98 valence electrons. The molecule has 2 aromatic heterocycles. The zero-order valence-corrected chi connectivity index (χ0v) is 11.8. The third-order valence-electron chi connectivity index (χ3n) is 3.40. The Morgan fingerprint density at radius 1 is 1.40 bits per heavy atom. The van der Waals surface area contributed by atoms with E-state index in [1.807, 2.05) is 30.5 Å². The van der Waals surface area contributed by atoms with Crippen LogP contribution in [0.1, 0.15) is 33.3 Å². The molecule has 0 aliphatic heterocycles. The lowest BCUT2D eigenvalue weighted by Gasteiger charge is -2.01. The van der Waals surface area contributed by atoms with Crippen molar-refractivity contribution in [2.45, 2.75) is 13.3 Å². The second-order valence-electron chi connectivity index (χ2n) is 4.50. The lowest BCUT2D eigenvalue weighted by molar-refractivity contribution is 0.104. The Bertz CT molecular complexity index is 836. The summed E-state index contributed by atoms with van der Waals surface area (Å²) < 4.78 is 0. The third-order valence-corrected chi connectivity index (χ3v) is 4.36. The molecule has 0 aliphatic carbocycles. The van der Waals surface area contributed by atoms with Crippen molar-refractivity contribution in [1.29, 1.82) is 5.26 Å². The van der Waals surface area contributed by atoms with E-state index in [-0.39, 0.29) is 5.78 Å². The third kappa shape index (κ3) is 1.84. The van der Waals surface area contributed by atoms with Crippen LogP contribution in [0.3, 0.4) is 0 Å². The second kappa shape index (κ2) is 4.95. The Morgan fingerprint density at radius 3 is 3.00 bits per heavy atom. The summed E-state index contributed by atoms with van der Waals surface area (Å²) in [6.45, 7) is 2.04. The SMILES string of the molecule is CCc1ccsc1C(=O)c1c[nH]c2cccc(C#N)c12.